The van der Waals surface area contributed by atoms with Crippen molar-refractivity contribution < 1.29 is 19.5 Å². The molecule has 0 aromatic heterocycles. The lowest BCUT2D eigenvalue weighted by molar-refractivity contribution is -0.151. The van der Waals surface area contributed by atoms with E-state index in [1.807, 2.05) is 12.1 Å². The van der Waals surface area contributed by atoms with Crippen LogP contribution in [0.5, 0.6) is 0 Å². The third kappa shape index (κ3) is 4.84. The van der Waals surface area contributed by atoms with Gasteiger partial charge in [-0.25, -0.2) is 4.79 Å². The highest BCUT2D eigenvalue weighted by molar-refractivity contribution is 8.13. The minimum absolute atomic E-state index is 0.00829. The van der Waals surface area contributed by atoms with Gasteiger partial charge in [-0.15, -0.1) is 0 Å². The largest absolute Gasteiger partial charge is 0.480 e. The monoisotopic (exact) mass is 363 g/mol. The first-order valence-corrected chi connectivity index (χ1v) is 9.36. The van der Waals surface area contributed by atoms with Gasteiger partial charge in [0.05, 0.1) is 0 Å². The van der Waals surface area contributed by atoms with Crippen LogP contribution in [-0.2, 0) is 32.8 Å². The van der Waals surface area contributed by atoms with Gasteiger partial charge in [-0.3, -0.25) is 9.59 Å². The van der Waals surface area contributed by atoms with Gasteiger partial charge in [0.2, 0.25) is 5.91 Å². The number of hydrogen-bond acceptors (Lipinski definition) is 4. The zero-order valence-corrected chi connectivity index (χ0v) is 16.0. The summed E-state index contributed by atoms with van der Waals surface area (Å²) in [6, 6.07) is 5.26. The molecule has 1 atom stereocenters. The number of fused-ring (bicyclic) bond motifs is 1. The van der Waals surface area contributed by atoms with Crippen molar-refractivity contribution in [2.45, 2.75) is 58.5 Å². The van der Waals surface area contributed by atoms with E-state index in [0.29, 0.717) is 18.7 Å². The van der Waals surface area contributed by atoms with E-state index >= 15 is 0 Å². The Morgan fingerprint density at radius 1 is 1.24 bits per heavy atom. The van der Waals surface area contributed by atoms with E-state index in [1.54, 1.807) is 0 Å². The summed E-state index contributed by atoms with van der Waals surface area (Å²) in [5, 5.41) is 9.49. The minimum atomic E-state index is -0.988. The zero-order valence-electron chi connectivity index (χ0n) is 15.2. The lowest BCUT2D eigenvalue weighted by atomic mass is 9.83. The maximum Gasteiger partial charge on any atom is 0.326 e. The lowest BCUT2D eigenvalue weighted by Gasteiger charge is -2.35. The predicted molar refractivity (Wildman–Crippen MR) is 98.6 cm³/mol. The Kier molecular flexibility index (Phi) is 5.93. The number of hydrogen-bond donors (Lipinski definition) is 1. The van der Waals surface area contributed by atoms with Crippen molar-refractivity contribution in [3.05, 3.63) is 34.9 Å². The molecule has 136 valence electrons. The molecule has 1 amide bonds. The van der Waals surface area contributed by atoms with Crippen molar-refractivity contribution >= 4 is 28.8 Å². The quantitative estimate of drug-likeness (QED) is 0.890. The Balaban J connectivity index is 2.24. The van der Waals surface area contributed by atoms with Crippen molar-refractivity contribution in [1.29, 1.82) is 0 Å². The average Bonchev–Trinajstić information content (AvgIpc) is 2.51. The first-order valence-electron chi connectivity index (χ1n) is 8.37. The molecule has 0 radical (unpaired) electrons. The molecule has 0 spiro atoms. The van der Waals surface area contributed by atoms with Crippen molar-refractivity contribution in [3.8, 4) is 0 Å². The second-order valence-electron chi connectivity index (χ2n) is 7.40. The number of nitrogens with zero attached hydrogens (tertiary/aromatic N) is 1. The average molecular weight is 363 g/mol. The van der Waals surface area contributed by atoms with Crippen LogP contribution in [-0.4, -0.2) is 38.8 Å². The zero-order chi connectivity index (χ0) is 18.8. The molecule has 0 bridgehead atoms. The Morgan fingerprint density at radius 2 is 1.92 bits per heavy atom. The molecule has 25 heavy (non-hydrogen) atoms. The van der Waals surface area contributed by atoms with Crippen LogP contribution in [0.25, 0.3) is 0 Å². The number of carboxylic acid groups (broad SMARTS) is 1. The van der Waals surface area contributed by atoms with Gasteiger partial charge in [-0.1, -0.05) is 50.7 Å². The SMILES string of the molecule is CC(=O)SCCC(=O)N1Cc2cc(C(C)(C)C)ccc2CC1C(=O)O. The van der Waals surface area contributed by atoms with Gasteiger partial charge in [-0.2, -0.15) is 0 Å². The van der Waals surface area contributed by atoms with Crippen molar-refractivity contribution in [1.82, 2.24) is 4.90 Å². The highest BCUT2D eigenvalue weighted by Gasteiger charge is 2.34. The number of carboxylic acids is 1. The number of benzene rings is 1. The molecule has 0 saturated carbocycles. The Bertz CT molecular complexity index is 693. The number of aliphatic carboxylic acids is 1. The van der Waals surface area contributed by atoms with Crippen LogP contribution < -0.4 is 0 Å². The van der Waals surface area contributed by atoms with Gasteiger partial charge in [0.1, 0.15) is 6.04 Å². The summed E-state index contributed by atoms with van der Waals surface area (Å²) in [5.41, 5.74) is 3.16. The molecule has 1 unspecified atom stereocenters. The van der Waals surface area contributed by atoms with E-state index in [1.165, 1.54) is 17.4 Å². The summed E-state index contributed by atoms with van der Waals surface area (Å²) < 4.78 is 0. The van der Waals surface area contributed by atoms with Gasteiger partial charge in [0.15, 0.2) is 5.12 Å². The topological polar surface area (TPSA) is 74.7 Å². The van der Waals surface area contributed by atoms with Gasteiger partial charge < -0.3 is 10.0 Å². The van der Waals surface area contributed by atoms with Crippen LogP contribution >= 0.6 is 11.8 Å². The number of carbonyl (C=O) groups excluding carboxylic acids is 2. The summed E-state index contributed by atoms with van der Waals surface area (Å²) in [4.78, 5) is 36.6. The predicted octanol–water partition coefficient (Wildman–Crippen LogP) is 2.99. The van der Waals surface area contributed by atoms with Gasteiger partial charge in [-0.05, 0) is 22.1 Å². The van der Waals surface area contributed by atoms with Crippen molar-refractivity contribution in [3.63, 3.8) is 0 Å². The molecule has 5 nitrogen and oxygen atoms in total. The smallest absolute Gasteiger partial charge is 0.326 e. The highest BCUT2D eigenvalue weighted by atomic mass is 32.2. The highest BCUT2D eigenvalue weighted by Crippen LogP contribution is 2.30. The Morgan fingerprint density at radius 3 is 2.48 bits per heavy atom. The summed E-state index contributed by atoms with van der Waals surface area (Å²) in [5.74, 6) is -0.822. The van der Waals surface area contributed by atoms with Crippen LogP contribution in [0.2, 0.25) is 0 Å². The number of carbonyl (C=O) groups is 3. The van der Waals surface area contributed by atoms with Crippen LogP contribution in [0, 0.1) is 0 Å². The third-order valence-electron chi connectivity index (χ3n) is 4.43. The van der Waals surface area contributed by atoms with Gasteiger partial charge >= 0.3 is 5.97 Å². The molecule has 0 fully saturated rings. The molecule has 6 heteroatoms. The first kappa shape index (κ1) is 19.5. The van der Waals surface area contributed by atoms with E-state index in [9.17, 15) is 19.5 Å². The molecular weight excluding hydrogens is 338 g/mol. The molecule has 0 aliphatic carbocycles. The lowest BCUT2D eigenvalue weighted by Crippen LogP contribution is -2.48. The summed E-state index contributed by atoms with van der Waals surface area (Å²) in [7, 11) is 0. The van der Waals surface area contributed by atoms with Crippen LogP contribution in [0.4, 0.5) is 0 Å². The molecule has 1 aromatic rings. The third-order valence-corrected chi connectivity index (χ3v) is 5.24. The van der Waals surface area contributed by atoms with E-state index in [2.05, 4.69) is 26.8 Å². The molecular formula is C19H25NO4S. The van der Waals surface area contributed by atoms with E-state index < -0.39 is 12.0 Å². The fourth-order valence-corrected chi connectivity index (χ4v) is 3.52. The summed E-state index contributed by atoms with van der Waals surface area (Å²) >= 11 is 1.09. The molecule has 1 heterocycles. The van der Waals surface area contributed by atoms with Crippen molar-refractivity contribution in [2.75, 3.05) is 5.75 Å². The minimum Gasteiger partial charge on any atom is -0.480 e. The summed E-state index contributed by atoms with van der Waals surface area (Å²) in [6.07, 6.45) is 0.489. The molecule has 1 aliphatic rings. The van der Waals surface area contributed by atoms with Crippen LogP contribution in [0.1, 0.15) is 50.8 Å². The summed E-state index contributed by atoms with van der Waals surface area (Å²) in [6.45, 7) is 8.14. The second-order valence-corrected chi connectivity index (χ2v) is 8.68. The normalized spacial score (nSPS) is 17.1. The van der Waals surface area contributed by atoms with Gasteiger partial charge in [0, 0.05) is 32.1 Å². The fraction of sp³-hybridized carbons (Fsp3) is 0.526. The van der Waals surface area contributed by atoms with E-state index in [-0.39, 0.29) is 22.9 Å². The van der Waals surface area contributed by atoms with Gasteiger partial charge in [0.25, 0.3) is 0 Å². The van der Waals surface area contributed by atoms with E-state index in [0.717, 1.165) is 22.9 Å². The number of thioether (sulfide) groups is 1. The van der Waals surface area contributed by atoms with Crippen molar-refractivity contribution in [2.24, 2.45) is 0 Å². The molecule has 1 aromatic carbocycles. The molecule has 0 saturated heterocycles. The number of amides is 1. The molecule has 1 N–H and O–H groups in total. The standard InChI is InChI=1S/C19H25NO4S/c1-12(21)25-8-7-17(22)20-11-14-9-15(19(2,3)4)6-5-13(14)10-16(20)18(23)24/h5-6,9,16H,7-8,10-11H2,1-4H3,(H,23,24). The first-order chi connectivity index (χ1) is 11.6. The molecule has 2 rings (SSSR count). The maximum atomic E-state index is 12.5. The van der Waals surface area contributed by atoms with Crippen LogP contribution in [0.15, 0.2) is 18.2 Å². The van der Waals surface area contributed by atoms with E-state index in [4.69, 9.17) is 0 Å². The second kappa shape index (κ2) is 7.60. The Labute approximate surface area is 152 Å². The molecule has 1 aliphatic heterocycles. The maximum absolute atomic E-state index is 12.5. The Hall–Kier alpha value is -1.82. The van der Waals surface area contributed by atoms with Crippen LogP contribution in [0.3, 0.4) is 0 Å². The number of rotatable bonds is 4. The fourth-order valence-electron chi connectivity index (χ4n) is 2.96.